The highest BCUT2D eigenvalue weighted by Crippen LogP contribution is 2.22. The van der Waals surface area contributed by atoms with E-state index in [-0.39, 0.29) is 0 Å². The molecule has 1 N–H and O–H groups in total. The van der Waals surface area contributed by atoms with Crippen LogP contribution in [-0.4, -0.2) is 18.8 Å². The largest absolute Gasteiger partial charge is 0.378 e. The third-order valence-corrected chi connectivity index (χ3v) is 4.76. The lowest BCUT2D eigenvalue weighted by Crippen LogP contribution is -2.38. The highest BCUT2D eigenvalue weighted by Gasteiger charge is 2.20. The fourth-order valence-corrected chi connectivity index (χ4v) is 3.34. The zero-order valence-corrected chi connectivity index (χ0v) is 11.9. The second-order valence-electron chi connectivity index (χ2n) is 4.96. The summed E-state index contributed by atoms with van der Waals surface area (Å²) in [6, 6.07) is 2.94. The Morgan fingerprint density at radius 1 is 1.47 bits per heavy atom. The second kappa shape index (κ2) is 5.98. The maximum atomic E-state index is 5.70. The molecule has 2 heterocycles. The van der Waals surface area contributed by atoms with Gasteiger partial charge < -0.3 is 10.1 Å². The zero-order chi connectivity index (χ0) is 12.3. The fraction of sp³-hybridized carbons (Fsp3) is 0.714. The molecule has 96 valence electrons. The van der Waals surface area contributed by atoms with Crippen LogP contribution in [0.4, 0.5) is 0 Å². The van der Waals surface area contributed by atoms with Gasteiger partial charge in [-0.2, -0.15) is 0 Å². The van der Waals surface area contributed by atoms with Crippen LogP contribution in [0.1, 0.15) is 41.5 Å². The van der Waals surface area contributed by atoms with Crippen molar-refractivity contribution in [3.8, 4) is 0 Å². The minimum Gasteiger partial charge on any atom is -0.378 e. The van der Waals surface area contributed by atoms with Crippen LogP contribution in [0, 0.1) is 13.8 Å². The molecule has 3 heteroatoms. The van der Waals surface area contributed by atoms with Gasteiger partial charge in [0, 0.05) is 28.9 Å². The van der Waals surface area contributed by atoms with Crippen LogP contribution in [0.5, 0.6) is 0 Å². The minimum atomic E-state index is 0.466. The molecule has 2 rings (SSSR count). The maximum Gasteiger partial charge on any atom is 0.0587 e. The summed E-state index contributed by atoms with van der Waals surface area (Å²) in [7, 11) is 0. The third-order valence-electron chi connectivity index (χ3n) is 3.60. The number of rotatable bonds is 4. The summed E-state index contributed by atoms with van der Waals surface area (Å²) in [5.41, 5.74) is 1.42. The SMILES string of the molecule is CCC1CC(NCc2cc(C)c(C)s2)CCO1. The third kappa shape index (κ3) is 3.54. The first-order chi connectivity index (χ1) is 8.19. The monoisotopic (exact) mass is 253 g/mol. The Bertz CT molecular complexity index is 342. The molecule has 1 aliphatic heterocycles. The summed E-state index contributed by atoms with van der Waals surface area (Å²) in [6.07, 6.45) is 3.92. The van der Waals surface area contributed by atoms with Gasteiger partial charge in [-0.1, -0.05) is 6.92 Å². The van der Waals surface area contributed by atoms with E-state index in [4.69, 9.17) is 4.74 Å². The molecule has 0 bridgehead atoms. The van der Waals surface area contributed by atoms with Crippen LogP contribution < -0.4 is 5.32 Å². The molecule has 1 aromatic rings. The van der Waals surface area contributed by atoms with E-state index in [0.717, 1.165) is 26.0 Å². The number of nitrogens with one attached hydrogen (secondary N) is 1. The van der Waals surface area contributed by atoms with Gasteiger partial charge in [-0.3, -0.25) is 0 Å². The lowest BCUT2D eigenvalue weighted by molar-refractivity contribution is -0.000276. The zero-order valence-electron chi connectivity index (χ0n) is 11.1. The van der Waals surface area contributed by atoms with Crippen LogP contribution in [0.15, 0.2) is 6.07 Å². The van der Waals surface area contributed by atoms with Crippen LogP contribution in [0.25, 0.3) is 0 Å². The first-order valence-electron chi connectivity index (χ1n) is 6.60. The van der Waals surface area contributed by atoms with E-state index >= 15 is 0 Å². The van der Waals surface area contributed by atoms with Gasteiger partial charge in [0.15, 0.2) is 0 Å². The van der Waals surface area contributed by atoms with Gasteiger partial charge in [0.2, 0.25) is 0 Å². The first-order valence-corrected chi connectivity index (χ1v) is 7.41. The van der Waals surface area contributed by atoms with E-state index in [2.05, 4.69) is 32.2 Å². The van der Waals surface area contributed by atoms with Crippen molar-refractivity contribution in [2.24, 2.45) is 0 Å². The number of ether oxygens (including phenoxy) is 1. The number of hydrogen-bond donors (Lipinski definition) is 1. The summed E-state index contributed by atoms with van der Waals surface area (Å²) in [5.74, 6) is 0. The first kappa shape index (κ1) is 13.1. The molecule has 0 saturated carbocycles. The van der Waals surface area contributed by atoms with Gasteiger partial charge in [-0.25, -0.2) is 0 Å². The van der Waals surface area contributed by atoms with E-state index in [9.17, 15) is 0 Å². The molecule has 1 saturated heterocycles. The van der Waals surface area contributed by atoms with Crippen molar-refractivity contribution in [2.45, 2.75) is 58.7 Å². The van der Waals surface area contributed by atoms with E-state index in [1.807, 2.05) is 11.3 Å². The molecular formula is C14H23NOS. The molecule has 0 aliphatic carbocycles. The molecule has 2 nitrogen and oxygen atoms in total. The average Bonchev–Trinajstić information content (AvgIpc) is 2.67. The topological polar surface area (TPSA) is 21.3 Å². The Kier molecular flexibility index (Phi) is 4.60. The maximum absolute atomic E-state index is 5.70. The quantitative estimate of drug-likeness (QED) is 0.888. The van der Waals surface area contributed by atoms with Crippen molar-refractivity contribution in [1.29, 1.82) is 0 Å². The Morgan fingerprint density at radius 2 is 2.29 bits per heavy atom. The molecule has 2 atom stereocenters. The van der Waals surface area contributed by atoms with Gasteiger partial charge >= 0.3 is 0 Å². The van der Waals surface area contributed by atoms with Crippen LogP contribution in [0.2, 0.25) is 0 Å². The smallest absolute Gasteiger partial charge is 0.0587 e. The van der Waals surface area contributed by atoms with Crippen molar-refractivity contribution >= 4 is 11.3 Å². The Hall–Kier alpha value is -0.380. The van der Waals surface area contributed by atoms with Gasteiger partial charge in [0.05, 0.1) is 6.10 Å². The van der Waals surface area contributed by atoms with Gasteiger partial charge in [-0.15, -0.1) is 11.3 Å². The molecule has 17 heavy (non-hydrogen) atoms. The summed E-state index contributed by atoms with van der Waals surface area (Å²) in [4.78, 5) is 2.90. The molecule has 0 amide bonds. The normalized spacial score (nSPS) is 25.1. The van der Waals surface area contributed by atoms with E-state index in [0.29, 0.717) is 12.1 Å². The predicted octanol–water partition coefficient (Wildman–Crippen LogP) is 3.41. The summed E-state index contributed by atoms with van der Waals surface area (Å²) >= 11 is 1.92. The van der Waals surface area contributed by atoms with Crippen LogP contribution >= 0.6 is 11.3 Å². The van der Waals surface area contributed by atoms with Gasteiger partial charge in [0.25, 0.3) is 0 Å². The van der Waals surface area contributed by atoms with Gasteiger partial charge in [-0.05, 0) is 44.7 Å². The summed E-state index contributed by atoms with van der Waals surface area (Å²) < 4.78 is 5.70. The molecule has 0 radical (unpaired) electrons. The van der Waals surface area contributed by atoms with Crippen molar-refractivity contribution in [2.75, 3.05) is 6.61 Å². The summed E-state index contributed by atoms with van der Waals surface area (Å²) in [6.45, 7) is 8.53. The van der Waals surface area contributed by atoms with Crippen LogP contribution in [0.3, 0.4) is 0 Å². The number of thiophene rings is 1. The highest BCUT2D eigenvalue weighted by atomic mass is 32.1. The summed E-state index contributed by atoms with van der Waals surface area (Å²) in [5, 5.41) is 3.67. The van der Waals surface area contributed by atoms with Crippen molar-refractivity contribution in [3.05, 3.63) is 21.4 Å². The fourth-order valence-electron chi connectivity index (χ4n) is 2.33. The number of aryl methyl sites for hydroxylation is 2. The molecule has 1 aromatic heterocycles. The van der Waals surface area contributed by atoms with E-state index in [1.54, 1.807) is 0 Å². The molecule has 1 aliphatic rings. The van der Waals surface area contributed by atoms with Gasteiger partial charge in [0.1, 0.15) is 0 Å². The molecule has 2 unspecified atom stereocenters. The Balaban J connectivity index is 1.81. The highest BCUT2D eigenvalue weighted by molar-refractivity contribution is 7.12. The standard InChI is InChI=1S/C14H23NOS/c1-4-13-8-12(5-6-16-13)15-9-14-7-10(2)11(3)17-14/h7,12-13,15H,4-6,8-9H2,1-3H3. The van der Waals surface area contributed by atoms with E-state index < -0.39 is 0 Å². The van der Waals surface area contributed by atoms with Crippen molar-refractivity contribution in [1.82, 2.24) is 5.32 Å². The van der Waals surface area contributed by atoms with Crippen LogP contribution in [-0.2, 0) is 11.3 Å². The average molecular weight is 253 g/mol. The predicted molar refractivity (Wildman–Crippen MR) is 73.7 cm³/mol. The molecule has 0 aromatic carbocycles. The molecular weight excluding hydrogens is 230 g/mol. The molecule has 0 spiro atoms. The number of hydrogen-bond acceptors (Lipinski definition) is 3. The molecule has 1 fully saturated rings. The van der Waals surface area contributed by atoms with Crippen molar-refractivity contribution < 1.29 is 4.74 Å². The lowest BCUT2D eigenvalue weighted by Gasteiger charge is -2.29. The Labute approximate surface area is 108 Å². The Morgan fingerprint density at radius 3 is 2.94 bits per heavy atom. The second-order valence-corrected chi connectivity index (χ2v) is 6.30. The lowest BCUT2D eigenvalue weighted by atomic mass is 10.0. The minimum absolute atomic E-state index is 0.466. The van der Waals surface area contributed by atoms with E-state index in [1.165, 1.54) is 21.7 Å². The van der Waals surface area contributed by atoms with Crippen molar-refractivity contribution in [3.63, 3.8) is 0 Å².